The Balaban J connectivity index is 0.00000210. The van der Waals surface area contributed by atoms with Crippen LogP contribution in [-0.2, 0) is 11.8 Å². The standard InChI is InChI=1S/C19H25N5OS.ClH/c1-24-11-21-23-19(24)26-16-7-5-15(6-8-16)22-18(25)14-9-12-3-2-4-13(10-14)17(12)20;/h5-8,11-14,17H,2-4,9-10,20H2,1H3,(H,22,25);1H. The van der Waals surface area contributed by atoms with Crippen LogP contribution < -0.4 is 11.1 Å². The highest BCUT2D eigenvalue weighted by molar-refractivity contribution is 7.99. The zero-order valence-electron chi connectivity index (χ0n) is 15.4. The SMILES string of the molecule is Cl.Cn1cnnc1Sc1ccc(NC(=O)C2CC3CCCC(C2)C3N)cc1. The average molecular weight is 408 g/mol. The molecule has 2 aromatic rings. The van der Waals surface area contributed by atoms with E-state index in [9.17, 15) is 4.79 Å². The van der Waals surface area contributed by atoms with Gasteiger partial charge in [-0.2, -0.15) is 0 Å². The first-order valence-electron chi connectivity index (χ1n) is 9.28. The molecule has 1 heterocycles. The van der Waals surface area contributed by atoms with Gasteiger partial charge in [-0.3, -0.25) is 4.79 Å². The highest BCUT2D eigenvalue weighted by Gasteiger charge is 2.40. The molecule has 2 aliphatic rings. The molecule has 2 atom stereocenters. The molecule has 0 aliphatic heterocycles. The minimum Gasteiger partial charge on any atom is -0.327 e. The molecule has 27 heavy (non-hydrogen) atoms. The fourth-order valence-electron chi connectivity index (χ4n) is 4.32. The van der Waals surface area contributed by atoms with Crippen molar-refractivity contribution < 1.29 is 4.79 Å². The van der Waals surface area contributed by atoms with Gasteiger partial charge in [0.05, 0.1) is 0 Å². The van der Waals surface area contributed by atoms with Crippen LogP contribution in [0, 0.1) is 17.8 Å². The van der Waals surface area contributed by atoms with Gasteiger partial charge in [0.2, 0.25) is 5.91 Å². The van der Waals surface area contributed by atoms with Crippen LogP contribution in [-0.4, -0.2) is 26.7 Å². The molecule has 1 aromatic heterocycles. The maximum Gasteiger partial charge on any atom is 0.227 e. The molecular weight excluding hydrogens is 382 g/mol. The number of rotatable bonds is 4. The molecule has 2 bridgehead atoms. The molecular formula is C19H26ClN5OS. The van der Waals surface area contributed by atoms with Gasteiger partial charge in [-0.1, -0.05) is 6.42 Å². The van der Waals surface area contributed by atoms with Gasteiger partial charge in [-0.05, 0) is 73.5 Å². The van der Waals surface area contributed by atoms with Crippen LogP contribution in [0.25, 0.3) is 0 Å². The number of benzene rings is 1. The zero-order valence-corrected chi connectivity index (χ0v) is 17.0. The number of carbonyl (C=O) groups excluding carboxylic acids is 1. The summed E-state index contributed by atoms with van der Waals surface area (Å²) in [7, 11) is 1.92. The smallest absolute Gasteiger partial charge is 0.227 e. The van der Waals surface area contributed by atoms with E-state index in [4.69, 9.17) is 5.73 Å². The van der Waals surface area contributed by atoms with Crippen molar-refractivity contribution >= 4 is 35.8 Å². The van der Waals surface area contributed by atoms with Gasteiger partial charge in [-0.15, -0.1) is 22.6 Å². The van der Waals surface area contributed by atoms with Crippen LogP contribution in [0.1, 0.15) is 32.1 Å². The molecule has 0 spiro atoms. The van der Waals surface area contributed by atoms with Gasteiger partial charge in [0.15, 0.2) is 5.16 Å². The molecule has 3 N–H and O–H groups in total. The molecule has 2 aliphatic carbocycles. The Labute approximate surface area is 170 Å². The van der Waals surface area contributed by atoms with Crippen molar-refractivity contribution in [2.75, 3.05) is 5.32 Å². The van der Waals surface area contributed by atoms with Gasteiger partial charge in [-0.25, -0.2) is 0 Å². The normalized spacial score (nSPS) is 26.9. The van der Waals surface area contributed by atoms with Gasteiger partial charge in [0.1, 0.15) is 6.33 Å². The molecule has 2 unspecified atom stereocenters. The highest BCUT2D eigenvalue weighted by Crippen LogP contribution is 2.42. The first-order chi connectivity index (χ1) is 12.6. The molecule has 8 heteroatoms. The number of nitrogens with zero attached hydrogens (tertiary/aromatic N) is 3. The number of nitrogens with one attached hydrogen (secondary N) is 1. The second kappa shape index (κ2) is 8.63. The average Bonchev–Trinajstić information content (AvgIpc) is 3.01. The van der Waals surface area contributed by atoms with Crippen LogP contribution in [0.3, 0.4) is 0 Å². The summed E-state index contributed by atoms with van der Waals surface area (Å²) in [5, 5.41) is 11.9. The summed E-state index contributed by atoms with van der Waals surface area (Å²) in [6.07, 6.45) is 7.17. The van der Waals surface area contributed by atoms with Crippen LogP contribution in [0.5, 0.6) is 0 Å². The van der Waals surface area contributed by atoms with Crippen molar-refractivity contribution in [3.05, 3.63) is 30.6 Å². The van der Waals surface area contributed by atoms with Crippen molar-refractivity contribution in [3.8, 4) is 0 Å². The van der Waals surface area contributed by atoms with E-state index in [-0.39, 0.29) is 24.2 Å². The predicted molar refractivity (Wildman–Crippen MR) is 109 cm³/mol. The molecule has 146 valence electrons. The summed E-state index contributed by atoms with van der Waals surface area (Å²) >= 11 is 1.55. The lowest BCUT2D eigenvalue weighted by Crippen LogP contribution is -2.48. The highest BCUT2D eigenvalue weighted by atomic mass is 35.5. The van der Waals surface area contributed by atoms with Crippen LogP contribution in [0.2, 0.25) is 0 Å². The maximum absolute atomic E-state index is 12.7. The topological polar surface area (TPSA) is 85.8 Å². The summed E-state index contributed by atoms with van der Waals surface area (Å²) in [5.74, 6) is 1.27. The Morgan fingerprint density at radius 2 is 1.89 bits per heavy atom. The van der Waals surface area contributed by atoms with Crippen LogP contribution >= 0.6 is 24.2 Å². The number of hydrogen-bond donors (Lipinski definition) is 2. The Kier molecular flexibility index (Phi) is 6.44. The summed E-state index contributed by atoms with van der Waals surface area (Å²) < 4.78 is 1.88. The lowest BCUT2D eigenvalue weighted by Gasteiger charge is -2.43. The number of nitrogens with two attached hydrogens (primary N) is 1. The van der Waals surface area contributed by atoms with Gasteiger partial charge in [0, 0.05) is 29.6 Å². The van der Waals surface area contributed by atoms with Crippen molar-refractivity contribution in [2.24, 2.45) is 30.5 Å². The lowest BCUT2D eigenvalue weighted by atomic mass is 9.65. The molecule has 1 aromatic carbocycles. The maximum atomic E-state index is 12.7. The number of fused-ring (bicyclic) bond motifs is 2. The summed E-state index contributed by atoms with van der Waals surface area (Å²) in [6.45, 7) is 0. The van der Waals surface area contributed by atoms with Crippen molar-refractivity contribution in [1.29, 1.82) is 0 Å². The van der Waals surface area contributed by atoms with E-state index in [0.717, 1.165) is 28.6 Å². The fraction of sp³-hybridized carbons (Fsp3) is 0.526. The third-order valence-electron chi connectivity index (χ3n) is 5.78. The third-order valence-corrected chi connectivity index (χ3v) is 6.84. The third kappa shape index (κ3) is 4.47. The largest absolute Gasteiger partial charge is 0.327 e. The Hall–Kier alpha value is -1.57. The minimum atomic E-state index is 0. The van der Waals surface area contributed by atoms with Gasteiger partial charge >= 0.3 is 0 Å². The first-order valence-corrected chi connectivity index (χ1v) is 10.1. The van der Waals surface area contributed by atoms with E-state index >= 15 is 0 Å². The quantitative estimate of drug-likeness (QED) is 0.810. The second-order valence-corrected chi connectivity index (χ2v) is 8.58. The predicted octanol–water partition coefficient (Wildman–Crippen LogP) is 3.48. The van der Waals surface area contributed by atoms with Crippen molar-refractivity contribution in [1.82, 2.24) is 14.8 Å². The van der Waals surface area contributed by atoms with Crippen molar-refractivity contribution in [3.63, 3.8) is 0 Å². The molecule has 6 nitrogen and oxygen atoms in total. The summed E-state index contributed by atoms with van der Waals surface area (Å²) in [5.41, 5.74) is 7.18. The summed E-state index contributed by atoms with van der Waals surface area (Å²) in [4.78, 5) is 13.8. The Morgan fingerprint density at radius 1 is 1.22 bits per heavy atom. The Morgan fingerprint density at radius 3 is 2.48 bits per heavy atom. The molecule has 1 amide bonds. The van der Waals surface area contributed by atoms with E-state index in [1.165, 1.54) is 19.3 Å². The molecule has 2 saturated carbocycles. The number of halogens is 1. The van der Waals surface area contributed by atoms with Gasteiger partial charge < -0.3 is 15.6 Å². The summed E-state index contributed by atoms with van der Waals surface area (Å²) in [6, 6.07) is 8.20. The lowest BCUT2D eigenvalue weighted by molar-refractivity contribution is -0.122. The first kappa shape index (κ1) is 20.2. The molecule has 0 radical (unpaired) electrons. The van der Waals surface area contributed by atoms with Crippen molar-refractivity contribution in [2.45, 2.75) is 48.2 Å². The van der Waals surface area contributed by atoms with E-state index in [1.54, 1.807) is 18.1 Å². The van der Waals surface area contributed by atoms with Crippen LogP contribution in [0.4, 0.5) is 5.69 Å². The number of anilines is 1. The number of amides is 1. The molecule has 4 rings (SSSR count). The van der Waals surface area contributed by atoms with E-state index in [1.807, 2.05) is 35.9 Å². The monoisotopic (exact) mass is 407 g/mol. The number of carbonyl (C=O) groups is 1. The zero-order chi connectivity index (χ0) is 18.1. The number of hydrogen-bond acceptors (Lipinski definition) is 5. The number of aromatic nitrogens is 3. The minimum absolute atomic E-state index is 0. The van der Waals surface area contributed by atoms with E-state index in [2.05, 4.69) is 15.5 Å². The second-order valence-electron chi connectivity index (χ2n) is 7.54. The fourth-order valence-corrected chi connectivity index (χ4v) is 5.09. The van der Waals surface area contributed by atoms with E-state index < -0.39 is 0 Å². The van der Waals surface area contributed by atoms with E-state index in [0.29, 0.717) is 17.9 Å². The molecule has 2 fully saturated rings. The number of aryl methyl sites for hydroxylation is 1. The molecule has 0 saturated heterocycles. The van der Waals surface area contributed by atoms with Gasteiger partial charge in [0.25, 0.3) is 0 Å². The Bertz CT molecular complexity index is 767. The van der Waals surface area contributed by atoms with Crippen LogP contribution in [0.15, 0.2) is 40.6 Å².